The number of fused-ring (bicyclic) bond motifs is 1. The third-order valence-electron chi connectivity index (χ3n) is 3.95. The van der Waals surface area contributed by atoms with Crippen LogP contribution in [0.15, 0.2) is 46.1 Å². The lowest BCUT2D eigenvalue weighted by Gasteiger charge is -2.10. The molecule has 9 heteroatoms. The molecule has 26 heavy (non-hydrogen) atoms. The summed E-state index contributed by atoms with van der Waals surface area (Å²) in [5, 5.41) is 0. The van der Waals surface area contributed by atoms with E-state index in [0.717, 1.165) is 5.56 Å². The molecule has 0 saturated heterocycles. The van der Waals surface area contributed by atoms with Crippen LogP contribution in [-0.2, 0) is 16.4 Å². The summed E-state index contributed by atoms with van der Waals surface area (Å²) in [5.74, 6) is 1.21. The lowest BCUT2D eigenvalue weighted by Crippen LogP contribution is -2.26. The summed E-state index contributed by atoms with van der Waals surface area (Å²) in [6.07, 6.45) is 0.489. The van der Waals surface area contributed by atoms with E-state index < -0.39 is 10.0 Å². The maximum atomic E-state index is 12.4. The highest BCUT2D eigenvalue weighted by Crippen LogP contribution is 2.27. The number of nitrogens with one attached hydrogen (secondary N) is 3. The predicted molar refractivity (Wildman–Crippen MR) is 97.4 cm³/mol. The first kappa shape index (κ1) is 18.0. The van der Waals surface area contributed by atoms with Gasteiger partial charge >= 0.3 is 5.69 Å². The number of benzene rings is 2. The minimum Gasteiger partial charge on any atom is -0.493 e. The second kappa shape index (κ2) is 7.22. The average Bonchev–Trinajstić information content (AvgIpc) is 3.00. The van der Waals surface area contributed by atoms with Gasteiger partial charge in [0.25, 0.3) is 0 Å². The van der Waals surface area contributed by atoms with Crippen molar-refractivity contribution in [2.75, 3.05) is 20.8 Å². The average molecular weight is 377 g/mol. The van der Waals surface area contributed by atoms with Crippen LogP contribution in [0, 0.1) is 0 Å². The minimum absolute atomic E-state index is 0.0903. The van der Waals surface area contributed by atoms with Gasteiger partial charge in [0.15, 0.2) is 11.5 Å². The van der Waals surface area contributed by atoms with Gasteiger partial charge in [0.05, 0.1) is 30.1 Å². The van der Waals surface area contributed by atoms with Crippen LogP contribution in [0.5, 0.6) is 11.5 Å². The fourth-order valence-corrected chi connectivity index (χ4v) is 3.69. The Kier molecular flexibility index (Phi) is 5.01. The van der Waals surface area contributed by atoms with Crippen molar-refractivity contribution in [1.82, 2.24) is 14.7 Å². The van der Waals surface area contributed by atoms with E-state index >= 15 is 0 Å². The van der Waals surface area contributed by atoms with Crippen LogP contribution in [0.25, 0.3) is 11.0 Å². The SMILES string of the molecule is COc1ccc(CCNS(=O)(=O)c2ccc3[nH]c(=O)[nH]c3c2)cc1OC. The van der Waals surface area contributed by atoms with Gasteiger partial charge in [-0.15, -0.1) is 0 Å². The lowest BCUT2D eigenvalue weighted by molar-refractivity contribution is 0.354. The molecule has 0 amide bonds. The van der Waals surface area contributed by atoms with Gasteiger partial charge in [-0.05, 0) is 42.3 Å². The molecule has 0 radical (unpaired) electrons. The zero-order valence-corrected chi connectivity index (χ0v) is 15.1. The molecule has 3 N–H and O–H groups in total. The van der Waals surface area contributed by atoms with E-state index in [0.29, 0.717) is 29.0 Å². The first-order valence-electron chi connectivity index (χ1n) is 7.85. The number of imidazole rings is 1. The molecular weight excluding hydrogens is 358 g/mol. The molecule has 0 bridgehead atoms. The number of hydrogen-bond donors (Lipinski definition) is 3. The van der Waals surface area contributed by atoms with Gasteiger partial charge in [0, 0.05) is 6.54 Å². The molecule has 0 aliphatic heterocycles. The standard InChI is InChI=1S/C17H19N3O5S/c1-24-15-6-3-11(9-16(15)25-2)7-8-18-26(22,23)12-4-5-13-14(10-12)20-17(21)19-13/h3-6,9-10,18H,7-8H2,1-2H3,(H2,19,20,21). The van der Waals surface area contributed by atoms with E-state index in [1.54, 1.807) is 26.4 Å². The Hall–Kier alpha value is -2.78. The topological polar surface area (TPSA) is 113 Å². The highest BCUT2D eigenvalue weighted by atomic mass is 32.2. The summed E-state index contributed by atoms with van der Waals surface area (Å²) in [7, 11) is -0.580. The molecule has 0 atom stereocenters. The van der Waals surface area contributed by atoms with Gasteiger partial charge in [-0.2, -0.15) is 0 Å². The van der Waals surface area contributed by atoms with Gasteiger partial charge < -0.3 is 19.4 Å². The number of aromatic nitrogens is 2. The highest BCUT2D eigenvalue weighted by Gasteiger charge is 2.15. The molecule has 1 heterocycles. The van der Waals surface area contributed by atoms with Crippen molar-refractivity contribution in [2.45, 2.75) is 11.3 Å². The van der Waals surface area contributed by atoms with Gasteiger partial charge in [-0.25, -0.2) is 17.9 Å². The fourth-order valence-electron chi connectivity index (χ4n) is 2.63. The first-order valence-corrected chi connectivity index (χ1v) is 9.34. The van der Waals surface area contributed by atoms with E-state index in [2.05, 4.69) is 14.7 Å². The smallest absolute Gasteiger partial charge is 0.323 e. The van der Waals surface area contributed by atoms with Crippen molar-refractivity contribution < 1.29 is 17.9 Å². The Morgan fingerprint density at radius 3 is 2.42 bits per heavy atom. The van der Waals surface area contributed by atoms with Crippen LogP contribution in [0.3, 0.4) is 0 Å². The Balaban J connectivity index is 1.70. The largest absolute Gasteiger partial charge is 0.493 e. The molecule has 0 aliphatic rings. The fraction of sp³-hybridized carbons (Fsp3) is 0.235. The minimum atomic E-state index is -3.68. The summed E-state index contributed by atoms with van der Waals surface area (Å²) in [5.41, 5.74) is 1.53. The number of H-pyrrole nitrogens is 2. The Labute approximate surface area is 150 Å². The van der Waals surface area contributed by atoms with Crippen LogP contribution >= 0.6 is 0 Å². The maximum absolute atomic E-state index is 12.4. The molecule has 0 aliphatic carbocycles. The van der Waals surface area contributed by atoms with Crippen molar-refractivity contribution in [3.8, 4) is 11.5 Å². The summed E-state index contributed by atoms with van der Waals surface area (Å²) in [6.45, 7) is 0.222. The van der Waals surface area contributed by atoms with Crippen molar-refractivity contribution >= 4 is 21.1 Å². The van der Waals surface area contributed by atoms with Crippen LogP contribution in [0.4, 0.5) is 0 Å². The van der Waals surface area contributed by atoms with Gasteiger partial charge in [0.1, 0.15) is 0 Å². The number of ether oxygens (including phenoxy) is 2. The molecule has 8 nitrogen and oxygen atoms in total. The van der Waals surface area contributed by atoms with Gasteiger partial charge in [-0.3, -0.25) is 0 Å². The Morgan fingerprint density at radius 1 is 0.962 bits per heavy atom. The van der Waals surface area contributed by atoms with Crippen molar-refractivity contribution in [1.29, 1.82) is 0 Å². The number of methoxy groups -OCH3 is 2. The summed E-state index contributed by atoms with van der Waals surface area (Å²) < 4.78 is 37.9. The van der Waals surface area contributed by atoms with Crippen LogP contribution in [0.1, 0.15) is 5.56 Å². The third-order valence-corrected chi connectivity index (χ3v) is 5.41. The molecule has 0 spiro atoms. The molecular formula is C17H19N3O5S. The van der Waals surface area contributed by atoms with Gasteiger partial charge in [-0.1, -0.05) is 6.07 Å². The monoisotopic (exact) mass is 377 g/mol. The van der Waals surface area contributed by atoms with Crippen LogP contribution < -0.4 is 19.9 Å². The Morgan fingerprint density at radius 2 is 1.69 bits per heavy atom. The van der Waals surface area contributed by atoms with Gasteiger partial charge in [0.2, 0.25) is 10.0 Å². The second-order valence-corrected chi connectivity index (χ2v) is 7.39. The third kappa shape index (κ3) is 3.73. The zero-order valence-electron chi connectivity index (χ0n) is 14.3. The number of aromatic amines is 2. The van der Waals surface area contributed by atoms with Crippen LogP contribution in [-0.4, -0.2) is 39.2 Å². The summed E-state index contributed by atoms with van der Waals surface area (Å²) in [4.78, 5) is 16.5. The summed E-state index contributed by atoms with van der Waals surface area (Å²) >= 11 is 0. The van der Waals surface area contributed by atoms with E-state index in [9.17, 15) is 13.2 Å². The second-order valence-electron chi connectivity index (χ2n) is 5.62. The van der Waals surface area contributed by atoms with E-state index in [4.69, 9.17) is 9.47 Å². The number of rotatable bonds is 7. The first-order chi connectivity index (χ1) is 12.4. The molecule has 3 aromatic rings. The van der Waals surface area contributed by atoms with E-state index in [1.807, 2.05) is 12.1 Å². The Bertz CT molecular complexity index is 1090. The number of hydrogen-bond acceptors (Lipinski definition) is 5. The molecule has 0 saturated carbocycles. The zero-order chi connectivity index (χ0) is 18.7. The van der Waals surface area contributed by atoms with Crippen molar-refractivity contribution in [3.05, 3.63) is 52.4 Å². The van der Waals surface area contributed by atoms with Crippen LogP contribution in [0.2, 0.25) is 0 Å². The van der Waals surface area contributed by atoms with Crippen molar-refractivity contribution in [3.63, 3.8) is 0 Å². The quantitative estimate of drug-likeness (QED) is 0.576. The number of sulfonamides is 1. The predicted octanol–water partition coefficient (Wildman–Crippen LogP) is 1.39. The molecule has 3 rings (SSSR count). The molecule has 0 unspecified atom stereocenters. The summed E-state index contributed by atoms with van der Waals surface area (Å²) in [6, 6.07) is 9.86. The van der Waals surface area contributed by atoms with E-state index in [-0.39, 0.29) is 17.1 Å². The molecule has 0 fully saturated rings. The van der Waals surface area contributed by atoms with E-state index in [1.165, 1.54) is 12.1 Å². The molecule has 138 valence electrons. The van der Waals surface area contributed by atoms with Crippen molar-refractivity contribution in [2.24, 2.45) is 0 Å². The lowest BCUT2D eigenvalue weighted by atomic mass is 10.1. The highest BCUT2D eigenvalue weighted by molar-refractivity contribution is 7.89. The molecule has 2 aromatic carbocycles. The maximum Gasteiger partial charge on any atom is 0.323 e. The molecule has 1 aromatic heterocycles. The normalized spacial score (nSPS) is 11.6.